The Hall–Kier alpha value is -1.71. The van der Waals surface area contributed by atoms with E-state index in [-0.39, 0.29) is 11.7 Å². The number of hydrogen-bond acceptors (Lipinski definition) is 3. The lowest BCUT2D eigenvalue weighted by Gasteiger charge is -2.26. The van der Waals surface area contributed by atoms with Gasteiger partial charge in [-0.2, -0.15) is 0 Å². The van der Waals surface area contributed by atoms with Crippen molar-refractivity contribution in [1.29, 1.82) is 0 Å². The standard InChI is InChI=1S/C13H17NO3/c1-9(15)14-6-4-10-5-7-17-13-8-11(16)2-3-12(10)13/h2-3,8,10,16H,4-7H2,1H3,(H,14,15). The largest absolute Gasteiger partial charge is 0.508 e. The van der Waals surface area contributed by atoms with Crippen LogP contribution in [0.2, 0.25) is 0 Å². The first-order valence-corrected chi connectivity index (χ1v) is 5.87. The predicted molar refractivity (Wildman–Crippen MR) is 64.3 cm³/mol. The highest BCUT2D eigenvalue weighted by Crippen LogP contribution is 2.37. The van der Waals surface area contributed by atoms with Gasteiger partial charge in [-0.05, 0) is 30.4 Å². The van der Waals surface area contributed by atoms with E-state index >= 15 is 0 Å². The van der Waals surface area contributed by atoms with Crippen LogP contribution in [0.3, 0.4) is 0 Å². The first kappa shape index (κ1) is 11.8. The zero-order chi connectivity index (χ0) is 12.3. The lowest BCUT2D eigenvalue weighted by atomic mass is 9.90. The second-order valence-electron chi connectivity index (χ2n) is 4.33. The molecule has 0 bridgehead atoms. The molecule has 0 fully saturated rings. The molecule has 2 rings (SSSR count). The number of fused-ring (bicyclic) bond motifs is 1. The quantitative estimate of drug-likeness (QED) is 0.839. The van der Waals surface area contributed by atoms with E-state index in [1.54, 1.807) is 12.1 Å². The Bertz CT molecular complexity index is 417. The molecule has 92 valence electrons. The highest BCUT2D eigenvalue weighted by atomic mass is 16.5. The molecular weight excluding hydrogens is 218 g/mol. The second-order valence-corrected chi connectivity index (χ2v) is 4.33. The van der Waals surface area contributed by atoms with Crippen LogP contribution in [0.25, 0.3) is 0 Å². The van der Waals surface area contributed by atoms with Crippen molar-refractivity contribution >= 4 is 5.91 Å². The van der Waals surface area contributed by atoms with Crippen LogP contribution >= 0.6 is 0 Å². The SMILES string of the molecule is CC(=O)NCCC1CCOc2cc(O)ccc21. The van der Waals surface area contributed by atoms with Gasteiger partial charge >= 0.3 is 0 Å². The fourth-order valence-electron chi connectivity index (χ4n) is 2.17. The van der Waals surface area contributed by atoms with Crippen LogP contribution in [0.1, 0.15) is 31.2 Å². The fourth-order valence-corrected chi connectivity index (χ4v) is 2.17. The van der Waals surface area contributed by atoms with Crippen molar-refractivity contribution in [3.63, 3.8) is 0 Å². The van der Waals surface area contributed by atoms with Gasteiger partial charge in [0.15, 0.2) is 0 Å². The number of hydrogen-bond donors (Lipinski definition) is 2. The maximum atomic E-state index is 10.8. The van der Waals surface area contributed by atoms with Gasteiger partial charge in [0.2, 0.25) is 5.91 Å². The van der Waals surface area contributed by atoms with E-state index in [4.69, 9.17) is 4.74 Å². The predicted octanol–water partition coefficient (Wildman–Crippen LogP) is 1.78. The Morgan fingerprint density at radius 1 is 1.59 bits per heavy atom. The highest BCUT2D eigenvalue weighted by Gasteiger charge is 2.21. The number of ether oxygens (including phenoxy) is 1. The summed E-state index contributed by atoms with van der Waals surface area (Å²) in [5.74, 6) is 1.39. The van der Waals surface area contributed by atoms with Crippen molar-refractivity contribution in [2.24, 2.45) is 0 Å². The van der Waals surface area contributed by atoms with E-state index in [1.807, 2.05) is 6.07 Å². The molecule has 1 heterocycles. The molecule has 1 aromatic rings. The highest BCUT2D eigenvalue weighted by molar-refractivity contribution is 5.72. The summed E-state index contributed by atoms with van der Waals surface area (Å²) in [6.45, 7) is 2.87. The van der Waals surface area contributed by atoms with E-state index in [1.165, 1.54) is 6.92 Å². The molecule has 2 N–H and O–H groups in total. The fraction of sp³-hybridized carbons (Fsp3) is 0.462. The van der Waals surface area contributed by atoms with Crippen LogP contribution in [0, 0.1) is 0 Å². The Balaban J connectivity index is 2.04. The molecule has 0 spiro atoms. The molecule has 0 radical (unpaired) electrons. The molecule has 0 saturated heterocycles. The Morgan fingerprint density at radius 2 is 2.41 bits per heavy atom. The number of carbonyl (C=O) groups excluding carboxylic acids is 1. The van der Waals surface area contributed by atoms with Crippen LogP contribution in [0.5, 0.6) is 11.5 Å². The first-order chi connectivity index (χ1) is 8.16. The van der Waals surface area contributed by atoms with E-state index in [9.17, 15) is 9.90 Å². The average molecular weight is 235 g/mol. The molecule has 1 amide bonds. The zero-order valence-corrected chi connectivity index (χ0v) is 9.90. The van der Waals surface area contributed by atoms with E-state index in [0.717, 1.165) is 24.2 Å². The smallest absolute Gasteiger partial charge is 0.216 e. The van der Waals surface area contributed by atoms with Crippen LogP contribution in [-0.4, -0.2) is 24.2 Å². The topological polar surface area (TPSA) is 58.6 Å². The van der Waals surface area contributed by atoms with Crippen LogP contribution in [0.15, 0.2) is 18.2 Å². The Morgan fingerprint density at radius 3 is 3.18 bits per heavy atom. The summed E-state index contributed by atoms with van der Waals surface area (Å²) >= 11 is 0. The van der Waals surface area contributed by atoms with Crippen molar-refractivity contribution < 1.29 is 14.6 Å². The molecule has 1 aliphatic rings. The Kier molecular flexibility index (Phi) is 3.52. The molecule has 17 heavy (non-hydrogen) atoms. The summed E-state index contributed by atoms with van der Waals surface area (Å²) < 4.78 is 5.51. The first-order valence-electron chi connectivity index (χ1n) is 5.87. The number of phenolic OH excluding ortho intramolecular Hbond substituents is 1. The minimum absolute atomic E-state index is 0.00277. The minimum Gasteiger partial charge on any atom is -0.508 e. The van der Waals surface area contributed by atoms with Crippen molar-refractivity contribution in [1.82, 2.24) is 5.32 Å². The van der Waals surface area contributed by atoms with Gasteiger partial charge in [0, 0.05) is 19.5 Å². The minimum atomic E-state index is 0.00277. The van der Waals surface area contributed by atoms with E-state index in [0.29, 0.717) is 19.1 Å². The van der Waals surface area contributed by atoms with Gasteiger partial charge in [-0.15, -0.1) is 0 Å². The van der Waals surface area contributed by atoms with Gasteiger partial charge in [0.05, 0.1) is 6.61 Å². The van der Waals surface area contributed by atoms with Gasteiger partial charge in [-0.1, -0.05) is 6.07 Å². The number of nitrogens with one attached hydrogen (secondary N) is 1. The normalized spacial score (nSPS) is 18.1. The zero-order valence-electron chi connectivity index (χ0n) is 9.90. The van der Waals surface area contributed by atoms with Crippen molar-refractivity contribution in [2.45, 2.75) is 25.7 Å². The molecule has 1 unspecified atom stereocenters. The summed E-state index contributed by atoms with van der Waals surface area (Å²) in [6.07, 6.45) is 1.86. The average Bonchev–Trinajstić information content (AvgIpc) is 2.28. The summed E-state index contributed by atoms with van der Waals surface area (Å²) in [4.78, 5) is 10.8. The van der Waals surface area contributed by atoms with Crippen LogP contribution in [-0.2, 0) is 4.79 Å². The summed E-state index contributed by atoms with van der Waals surface area (Å²) in [7, 11) is 0. The number of phenols is 1. The maximum Gasteiger partial charge on any atom is 0.216 e. The van der Waals surface area contributed by atoms with Gasteiger partial charge < -0.3 is 15.2 Å². The molecule has 4 heteroatoms. The summed E-state index contributed by atoms with van der Waals surface area (Å²) in [5, 5.41) is 12.2. The molecular formula is C13H17NO3. The molecule has 0 aliphatic carbocycles. The monoisotopic (exact) mass is 235 g/mol. The van der Waals surface area contributed by atoms with Crippen molar-refractivity contribution in [3.8, 4) is 11.5 Å². The third kappa shape index (κ3) is 2.90. The van der Waals surface area contributed by atoms with E-state index in [2.05, 4.69) is 5.32 Å². The van der Waals surface area contributed by atoms with Crippen LogP contribution in [0.4, 0.5) is 0 Å². The van der Waals surface area contributed by atoms with Gasteiger partial charge in [-0.25, -0.2) is 0 Å². The third-order valence-corrected chi connectivity index (χ3v) is 3.03. The molecule has 1 aliphatic heterocycles. The van der Waals surface area contributed by atoms with Gasteiger partial charge in [0.25, 0.3) is 0 Å². The molecule has 0 aromatic heterocycles. The van der Waals surface area contributed by atoms with Gasteiger partial charge in [-0.3, -0.25) is 4.79 Å². The maximum absolute atomic E-state index is 10.8. The number of rotatable bonds is 3. The summed E-state index contributed by atoms with van der Waals surface area (Å²) in [6, 6.07) is 5.24. The van der Waals surface area contributed by atoms with Crippen molar-refractivity contribution in [3.05, 3.63) is 23.8 Å². The molecule has 0 saturated carbocycles. The molecule has 1 aromatic carbocycles. The number of benzene rings is 1. The molecule has 1 atom stereocenters. The Labute approximate surface area is 101 Å². The van der Waals surface area contributed by atoms with Crippen molar-refractivity contribution in [2.75, 3.05) is 13.2 Å². The van der Waals surface area contributed by atoms with E-state index < -0.39 is 0 Å². The third-order valence-electron chi connectivity index (χ3n) is 3.03. The molecule has 4 nitrogen and oxygen atoms in total. The van der Waals surface area contributed by atoms with Gasteiger partial charge in [0.1, 0.15) is 11.5 Å². The lowest BCUT2D eigenvalue weighted by Crippen LogP contribution is -2.24. The summed E-state index contributed by atoms with van der Waals surface area (Å²) in [5.41, 5.74) is 1.12. The number of carbonyl (C=O) groups is 1. The number of aromatic hydroxyl groups is 1. The lowest BCUT2D eigenvalue weighted by molar-refractivity contribution is -0.118. The number of amides is 1. The van der Waals surface area contributed by atoms with Crippen LogP contribution < -0.4 is 10.1 Å². The second kappa shape index (κ2) is 5.08.